The van der Waals surface area contributed by atoms with Crippen molar-refractivity contribution in [1.82, 2.24) is 10.2 Å². The molecule has 0 radical (unpaired) electrons. The van der Waals surface area contributed by atoms with Gasteiger partial charge in [-0.2, -0.15) is 13.2 Å². The van der Waals surface area contributed by atoms with E-state index in [1.807, 2.05) is 20.8 Å². The van der Waals surface area contributed by atoms with E-state index in [-0.39, 0.29) is 24.6 Å². The molecular formula is C25H29F3N2O4. The summed E-state index contributed by atoms with van der Waals surface area (Å²) in [6, 6.07) is 11.3. The van der Waals surface area contributed by atoms with Gasteiger partial charge in [-0.3, -0.25) is 4.79 Å². The minimum Gasteiger partial charge on any atom is -0.489 e. The van der Waals surface area contributed by atoms with Gasteiger partial charge in [0.2, 0.25) is 0 Å². The Kier molecular flexibility index (Phi) is 7.74. The molecule has 0 unspecified atom stereocenters. The number of benzene rings is 2. The first-order chi connectivity index (χ1) is 15.9. The van der Waals surface area contributed by atoms with Crippen molar-refractivity contribution in [1.29, 1.82) is 0 Å². The number of hydrogen-bond acceptors (Lipinski definition) is 4. The van der Waals surface area contributed by atoms with Crippen LogP contribution in [0.4, 0.5) is 18.0 Å². The molecule has 1 heterocycles. The van der Waals surface area contributed by atoms with Crippen LogP contribution in [0.3, 0.4) is 0 Å². The molecule has 2 amide bonds. The van der Waals surface area contributed by atoms with E-state index in [9.17, 15) is 22.8 Å². The van der Waals surface area contributed by atoms with Gasteiger partial charge in [-0.25, -0.2) is 4.79 Å². The van der Waals surface area contributed by atoms with Crippen LogP contribution in [0.15, 0.2) is 48.5 Å². The van der Waals surface area contributed by atoms with E-state index in [4.69, 9.17) is 9.47 Å². The summed E-state index contributed by atoms with van der Waals surface area (Å²) in [6.45, 7) is 6.66. The van der Waals surface area contributed by atoms with Gasteiger partial charge in [0, 0.05) is 24.7 Å². The van der Waals surface area contributed by atoms with Gasteiger partial charge in [0.25, 0.3) is 5.91 Å². The SMILES string of the molecule is CC(C)(C)OC(=O)N1CCC(NC(=O)c2ccc(COc3ccc(C(F)(F)F)cc3)cc2)CC1. The van der Waals surface area contributed by atoms with Crippen LogP contribution in [0, 0.1) is 0 Å². The van der Waals surface area contributed by atoms with Crippen LogP contribution in [-0.4, -0.2) is 41.6 Å². The summed E-state index contributed by atoms with van der Waals surface area (Å²) in [4.78, 5) is 26.4. The quantitative estimate of drug-likeness (QED) is 0.624. The lowest BCUT2D eigenvalue weighted by molar-refractivity contribution is -0.137. The van der Waals surface area contributed by atoms with E-state index in [0.717, 1.165) is 17.7 Å². The molecule has 0 spiro atoms. The number of halogens is 3. The Morgan fingerprint density at radius 3 is 2.09 bits per heavy atom. The standard InChI is InChI=1S/C25H29F3N2O4/c1-24(2,3)34-23(32)30-14-12-20(13-15-30)29-22(31)18-6-4-17(5-7-18)16-33-21-10-8-19(9-11-21)25(26,27)28/h4-11,20H,12-16H2,1-3H3,(H,29,31). The van der Waals surface area contributed by atoms with Crippen LogP contribution in [0.1, 0.15) is 55.1 Å². The number of amides is 2. The molecule has 0 saturated carbocycles. The van der Waals surface area contributed by atoms with Gasteiger partial charge >= 0.3 is 12.3 Å². The fraction of sp³-hybridized carbons (Fsp3) is 0.440. The van der Waals surface area contributed by atoms with E-state index in [1.54, 1.807) is 29.2 Å². The van der Waals surface area contributed by atoms with Gasteiger partial charge < -0.3 is 19.7 Å². The highest BCUT2D eigenvalue weighted by molar-refractivity contribution is 5.94. The van der Waals surface area contributed by atoms with Crippen molar-refractivity contribution in [2.24, 2.45) is 0 Å². The summed E-state index contributed by atoms with van der Waals surface area (Å²) in [6.07, 6.45) is -3.44. The van der Waals surface area contributed by atoms with Crippen molar-refractivity contribution in [2.45, 2.75) is 58.0 Å². The molecule has 3 rings (SSSR count). The minimum atomic E-state index is -4.38. The molecule has 6 nitrogen and oxygen atoms in total. The molecule has 0 bridgehead atoms. The lowest BCUT2D eigenvalue weighted by Crippen LogP contribution is -2.47. The maximum Gasteiger partial charge on any atom is 0.416 e. The van der Waals surface area contributed by atoms with Crippen LogP contribution < -0.4 is 10.1 Å². The molecule has 1 aliphatic heterocycles. The minimum absolute atomic E-state index is 0.0335. The second-order valence-corrected chi connectivity index (χ2v) is 9.22. The third-order valence-corrected chi connectivity index (χ3v) is 5.29. The fourth-order valence-electron chi connectivity index (χ4n) is 3.46. The largest absolute Gasteiger partial charge is 0.489 e. The monoisotopic (exact) mass is 478 g/mol. The van der Waals surface area contributed by atoms with Crippen molar-refractivity contribution in [3.05, 3.63) is 65.2 Å². The Balaban J connectivity index is 1.45. The van der Waals surface area contributed by atoms with Gasteiger partial charge in [-0.1, -0.05) is 12.1 Å². The predicted molar refractivity (Wildman–Crippen MR) is 121 cm³/mol. The molecule has 0 aromatic heterocycles. The Morgan fingerprint density at radius 2 is 1.56 bits per heavy atom. The van der Waals surface area contributed by atoms with Crippen LogP contribution in [0.5, 0.6) is 5.75 Å². The first-order valence-corrected chi connectivity index (χ1v) is 11.1. The molecule has 1 fully saturated rings. The van der Waals surface area contributed by atoms with Gasteiger partial charge in [-0.05, 0) is 75.6 Å². The topological polar surface area (TPSA) is 67.9 Å². The van der Waals surface area contributed by atoms with Crippen molar-refractivity contribution in [3.63, 3.8) is 0 Å². The second kappa shape index (κ2) is 10.4. The van der Waals surface area contributed by atoms with Crippen LogP contribution in [0.25, 0.3) is 0 Å². The number of nitrogens with zero attached hydrogens (tertiary/aromatic N) is 1. The van der Waals surface area contributed by atoms with Crippen molar-refractivity contribution in [3.8, 4) is 5.75 Å². The van der Waals surface area contributed by atoms with E-state index < -0.39 is 17.3 Å². The lowest BCUT2D eigenvalue weighted by atomic mass is 10.0. The average molecular weight is 479 g/mol. The highest BCUT2D eigenvalue weighted by atomic mass is 19.4. The molecule has 34 heavy (non-hydrogen) atoms. The third kappa shape index (κ3) is 7.40. The zero-order chi connectivity index (χ0) is 24.9. The Morgan fingerprint density at radius 1 is 0.971 bits per heavy atom. The molecule has 2 aromatic rings. The van der Waals surface area contributed by atoms with Crippen molar-refractivity contribution < 1.29 is 32.2 Å². The van der Waals surface area contributed by atoms with Gasteiger partial charge in [-0.15, -0.1) is 0 Å². The number of carbonyl (C=O) groups is 2. The molecular weight excluding hydrogens is 449 g/mol. The normalized spacial score (nSPS) is 15.1. The van der Waals surface area contributed by atoms with E-state index in [1.165, 1.54) is 12.1 Å². The van der Waals surface area contributed by atoms with E-state index in [0.29, 0.717) is 37.2 Å². The van der Waals surface area contributed by atoms with E-state index in [2.05, 4.69) is 5.32 Å². The Hall–Kier alpha value is -3.23. The number of hydrogen-bond donors (Lipinski definition) is 1. The van der Waals surface area contributed by atoms with Gasteiger partial charge in [0.1, 0.15) is 18.0 Å². The molecule has 1 N–H and O–H groups in total. The van der Waals surface area contributed by atoms with Crippen LogP contribution >= 0.6 is 0 Å². The number of piperidine rings is 1. The van der Waals surface area contributed by atoms with Crippen molar-refractivity contribution in [2.75, 3.05) is 13.1 Å². The highest BCUT2D eigenvalue weighted by Gasteiger charge is 2.30. The predicted octanol–water partition coefficient (Wildman–Crippen LogP) is 5.41. The Bertz CT molecular complexity index is 975. The molecule has 0 atom stereocenters. The van der Waals surface area contributed by atoms with Gasteiger partial charge in [0.05, 0.1) is 5.56 Å². The second-order valence-electron chi connectivity index (χ2n) is 9.22. The molecule has 0 aliphatic carbocycles. The summed E-state index contributed by atoms with van der Waals surface area (Å²) in [5.74, 6) is 0.124. The summed E-state index contributed by atoms with van der Waals surface area (Å²) >= 11 is 0. The summed E-state index contributed by atoms with van der Waals surface area (Å²) in [5.41, 5.74) is -0.00224. The summed E-state index contributed by atoms with van der Waals surface area (Å²) in [5, 5.41) is 3.00. The first kappa shape index (κ1) is 25.4. The van der Waals surface area contributed by atoms with Gasteiger partial charge in [0.15, 0.2) is 0 Å². The maximum atomic E-state index is 12.6. The number of carbonyl (C=O) groups excluding carboxylic acids is 2. The third-order valence-electron chi connectivity index (χ3n) is 5.29. The smallest absolute Gasteiger partial charge is 0.416 e. The summed E-state index contributed by atoms with van der Waals surface area (Å²) < 4.78 is 48.8. The molecule has 1 aliphatic rings. The van der Waals surface area contributed by atoms with Crippen LogP contribution in [0.2, 0.25) is 0 Å². The van der Waals surface area contributed by atoms with Crippen LogP contribution in [-0.2, 0) is 17.5 Å². The average Bonchev–Trinajstić information content (AvgIpc) is 2.77. The first-order valence-electron chi connectivity index (χ1n) is 11.1. The molecule has 2 aromatic carbocycles. The molecule has 184 valence electrons. The Labute approximate surface area is 197 Å². The molecule has 1 saturated heterocycles. The summed E-state index contributed by atoms with van der Waals surface area (Å²) in [7, 11) is 0. The van der Waals surface area contributed by atoms with E-state index >= 15 is 0 Å². The highest BCUT2D eigenvalue weighted by Crippen LogP contribution is 2.30. The number of ether oxygens (including phenoxy) is 2. The van der Waals surface area contributed by atoms with Crippen molar-refractivity contribution >= 4 is 12.0 Å². The lowest BCUT2D eigenvalue weighted by Gasteiger charge is -2.33. The number of nitrogens with one attached hydrogen (secondary N) is 1. The number of alkyl halides is 3. The fourth-order valence-corrected chi connectivity index (χ4v) is 3.46. The number of rotatable bonds is 5. The zero-order valence-corrected chi connectivity index (χ0v) is 19.4. The zero-order valence-electron chi connectivity index (χ0n) is 19.4. The maximum absolute atomic E-state index is 12.6. The number of likely N-dealkylation sites (tertiary alicyclic amines) is 1. The molecule has 9 heteroatoms.